The second-order valence-corrected chi connectivity index (χ2v) is 5.12. The molecular weight excluding hydrogens is 188 g/mol. The van der Waals surface area contributed by atoms with E-state index in [1.54, 1.807) is 0 Å². The first-order chi connectivity index (χ1) is 7.09. The molecule has 90 valence electrons. The summed E-state index contributed by atoms with van der Waals surface area (Å²) in [6, 6.07) is 1.26. The Balaban J connectivity index is 2.13. The molecule has 1 aliphatic heterocycles. The third kappa shape index (κ3) is 4.96. The van der Waals surface area contributed by atoms with Crippen LogP contribution in [0.5, 0.6) is 0 Å². The molecular formula is C12H26N2O. The predicted molar refractivity (Wildman–Crippen MR) is 64.2 cm³/mol. The fraction of sp³-hybridized carbons (Fsp3) is 1.00. The van der Waals surface area contributed by atoms with Crippen LogP contribution in [0.2, 0.25) is 0 Å². The first-order valence-electron chi connectivity index (χ1n) is 6.14. The maximum absolute atomic E-state index is 5.62. The Morgan fingerprint density at radius 2 is 2.13 bits per heavy atom. The molecule has 0 aromatic heterocycles. The monoisotopic (exact) mass is 214 g/mol. The predicted octanol–water partition coefficient (Wildman–Crippen LogP) is 1.34. The van der Waals surface area contributed by atoms with Gasteiger partial charge in [0.2, 0.25) is 0 Å². The smallest absolute Gasteiger partial charge is 0.0593 e. The molecule has 0 aliphatic carbocycles. The molecule has 0 bridgehead atoms. The molecule has 0 saturated carbocycles. The molecule has 1 N–H and O–H groups in total. The molecule has 0 radical (unpaired) electrons. The number of nitrogens with zero attached hydrogens (tertiary/aromatic N) is 1. The minimum Gasteiger partial charge on any atom is -0.380 e. The Labute approximate surface area is 94.2 Å². The van der Waals surface area contributed by atoms with Crippen molar-refractivity contribution in [3.8, 4) is 0 Å². The van der Waals surface area contributed by atoms with Crippen molar-refractivity contribution in [3.63, 3.8) is 0 Å². The summed E-state index contributed by atoms with van der Waals surface area (Å²) in [5.41, 5.74) is 0. The molecule has 0 spiro atoms. The highest BCUT2D eigenvalue weighted by Crippen LogP contribution is 2.05. The van der Waals surface area contributed by atoms with Crippen molar-refractivity contribution >= 4 is 0 Å². The molecule has 3 nitrogen and oxygen atoms in total. The third-order valence-electron chi connectivity index (χ3n) is 2.87. The van der Waals surface area contributed by atoms with E-state index in [1.165, 1.54) is 0 Å². The molecule has 0 aromatic rings. The normalized spacial score (nSPS) is 28.6. The van der Waals surface area contributed by atoms with Crippen LogP contribution in [0.4, 0.5) is 0 Å². The molecule has 1 rings (SSSR count). The second kappa shape index (κ2) is 6.46. The van der Waals surface area contributed by atoms with Crippen molar-refractivity contribution in [1.82, 2.24) is 10.2 Å². The fourth-order valence-electron chi connectivity index (χ4n) is 1.91. The van der Waals surface area contributed by atoms with Crippen LogP contribution in [-0.4, -0.2) is 49.8 Å². The summed E-state index contributed by atoms with van der Waals surface area (Å²) in [5, 5.41) is 3.49. The maximum Gasteiger partial charge on any atom is 0.0593 e. The van der Waals surface area contributed by atoms with Gasteiger partial charge in [-0.25, -0.2) is 0 Å². The van der Waals surface area contributed by atoms with Crippen LogP contribution in [0, 0.1) is 5.92 Å². The lowest BCUT2D eigenvalue weighted by Gasteiger charge is -2.37. The van der Waals surface area contributed by atoms with E-state index in [-0.39, 0.29) is 0 Å². The van der Waals surface area contributed by atoms with Crippen molar-refractivity contribution < 1.29 is 4.74 Å². The third-order valence-corrected chi connectivity index (χ3v) is 2.87. The second-order valence-electron chi connectivity index (χ2n) is 5.12. The lowest BCUT2D eigenvalue weighted by Crippen LogP contribution is -2.54. The summed E-state index contributed by atoms with van der Waals surface area (Å²) in [4.78, 5) is 2.52. The van der Waals surface area contributed by atoms with Crippen LogP contribution in [0.15, 0.2) is 0 Å². The zero-order chi connectivity index (χ0) is 11.3. The van der Waals surface area contributed by atoms with E-state index in [9.17, 15) is 0 Å². The van der Waals surface area contributed by atoms with Crippen LogP contribution in [0.3, 0.4) is 0 Å². The van der Waals surface area contributed by atoms with E-state index in [2.05, 4.69) is 37.9 Å². The van der Waals surface area contributed by atoms with E-state index < -0.39 is 0 Å². The zero-order valence-electron chi connectivity index (χ0n) is 10.6. The Morgan fingerprint density at radius 3 is 2.80 bits per heavy atom. The minimum atomic E-state index is 0.617. The molecule has 2 atom stereocenters. The van der Waals surface area contributed by atoms with Crippen molar-refractivity contribution in [2.75, 3.05) is 32.8 Å². The van der Waals surface area contributed by atoms with E-state index >= 15 is 0 Å². The van der Waals surface area contributed by atoms with E-state index in [4.69, 9.17) is 4.74 Å². The summed E-state index contributed by atoms with van der Waals surface area (Å²) in [6.45, 7) is 14.0. The standard InChI is InChI=1S/C12H26N2O/c1-10(2)9-15-6-5-14-8-11(3)13-7-12(14)4/h10-13H,5-9H2,1-4H3. The average molecular weight is 214 g/mol. The lowest BCUT2D eigenvalue weighted by molar-refractivity contribution is 0.0608. The van der Waals surface area contributed by atoms with Gasteiger partial charge >= 0.3 is 0 Å². The lowest BCUT2D eigenvalue weighted by atomic mass is 10.1. The summed E-state index contributed by atoms with van der Waals surface area (Å²) >= 11 is 0. The van der Waals surface area contributed by atoms with Crippen molar-refractivity contribution in [3.05, 3.63) is 0 Å². The highest BCUT2D eigenvalue weighted by Gasteiger charge is 2.21. The number of hydrogen-bond acceptors (Lipinski definition) is 3. The summed E-state index contributed by atoms with van der Waals surface area (Å²) < 4.78 is 5.62. The number of hydrogen-bond donors (Lipinski definition) is 1. The molecule has 1 fully saturated rings. The van der Waals surface area contributed by atoms with Crippen LogP contribution in [0.25, 0.3) is 0 Å². The Hall–Kier alpha value is -0.120. The van der Waals surface area contributed by atoms with E-state index in [0.29, 0.717) is 18.0 Å². The van der Waals surface area contributed by atoms with Crippen molar-refractivity contribution in [2.24, 2.45) is 5.92 Å². The van der Waals surface area contributed by atoms with Crippen LogP contribution < -0.4 is 5.32 Å². The van der Waals surface area contributed by atoms with Gasteiger partial charge in [-0.1, -0.05) is 13.8 Å². The number of nitrogens with one attached hydrogen (secondary N) is 1. The van der Waals surface area contributed by atoms with Gasteiger partial charge in [-0.3, -0.25) is 4.90 Å². The Kier molecular flexibility index (Phi) is 5.58. The van der Waals surface area contributed by atoms with Gasteiger partial charge < -0.3 is 10.1 Å². The quantitative estimate of drug-likeness (QED) is 0.699. The molecule has 3 heteroatoms. The largest absolute Gasteiger partial charge is 0.380 e. The van der Waals surface area contributed by atoms with E-state index in [0.717, 1.165) is 32.8 Å². The van der Waals surface area contributed by atoms with Gasteiger partial charge in [0.05, 0.1) is 6.61 Å². The highest BCUT2D eigenvalue weighted by molar-refractivity contribution is 4.80. The van der Waals surface area contributed by atoms with Gasteiger partial charge in [0, 0.05) is 38.3 Å². The van der Waals surface area contributed by atoms with Gasteiger partial charge in [-0.2, -0.15) is 0 Å². The van der Waals surface area contributed by atoms with Gasteiger partial charge in [0.15, 0.2) is 0 Å². The van der Waals surface area contributed by atoms with E-state index in [1.807, 2.05) is 0 Å². The van der Waals surface area contributed by atoms with Gasteiger partial charge in [-0.15, -0.1) is 0 Å². The molecule has 1 aliphatic rings. The fourth-order valence-corrected chi connectivity index (χ4v) is 1.91. The van der Waals surface area contributed by atoms with Crippen LogP contribution in [-0.2, 0) is 4.74 Å². The summed E-state index contributed by atoms with van der Waals surface area (Å²) in [5.74, 6) is 0.643. The number of piperazine rings is 1. The topological polar surface area (TPSA) is 24.5 Å². The molecule has 0 aromatic carbocycles. The SMILES string of the molecule is CC(C)COCCN1CC(C)NCC1C. The molecule has 15 heavy (non-hydrogen) atoms. The average Bonchev–Trinajstić information content (AvgIpc) is 2.17. The molecule has 0 amide bonds. The Bertz CT molecular complexity index is 173. The first-order valence-corrected chi connectivity index (χ1v) is 6.14. The zero-order valence-corrected chi connectivity index (χ0v) is 10.6. The maximum atomic E-state index is 5.62. The van der Waals surface area contributed by atoms with Gasteiger partial charge in [0.25, 0.3) is 0 Å². The number of rotatable bonds is 5. The molecule has 1 heterocycles. The van der Waals surface area contributed by atoms with Gasteiger partial charge in [0.1, 0.15) is 0 Å². The van der Waals surface area contributed by atoms with Crippen molar-refractivity contribution in [2.45, 2.75) is 39.8 Å². The summed E-state index contributed by atoms with van der Waals surface area (Å²) in [7, 11) is 0. The van der Waals surface area contributed by atoms with Gasteiger partial charge in [-0.05, 0) is 19.8 Å². The first kappa shape index (κ1) is 12.9. The van der Waals surface area contributed by atoms with Crippen LogP contribution >= 0.6 is 0 Å². The Morgan fingerprint density at radius 1 is 1.40 bits per heavy atom. The molecule has 1 saturated heterocycles. The number of ether oxygens (including phenoxy) is 1. The summed E-state index contributed by atoms with van der Waals surface area (Å²) in [6.07, 6.45) is 0. The van der Waals surface area contributed by atoms with Crippen LogP contribution in [0.1, 0.15) is 27.7 Å². The minimum absolute atomic E-state index is 0.617. The highest BCUT2D eigenvalue weighted by atomic mass is 16.5. The molecule has 2 unspecified atom stereocenters. The van der Waals surface area contributed by atoms with Crippen molar-refractivity contribution in [1.29, 1.82) is 0 Å².